The number of anilines is 1. The van der Waals surface area contributed by atoms with Crippen molar-refractivity contribution in [2.24, 2.45) is 10.1 Å². The van der Waals surface area contributed by atoms with Crippen molar-refractivity contribution in [2.45, 2.75) is 39.2 Å². The third kappa shape index (κ3) is 5.86. The lowest BCUT2D eigenvalue weighted by Gasteiger charge is -2.08. The first-order chi connectivity index (χ1) is 17.7. The second-order valence-electron chi connectivity index (χ2n) is 8.47. The van der Waals surface area contributed by atoms with Crippen molar-refractivity contribution in [2.75, 3.05) is 12.0 Å². The van der Waals surface area contributed by atoms with E-state index in [0.29, 0.717) is 22.4 Å². The van der Waals surface area contributed by atoms with Crippen molar-refractivity contribution >= 4 is 22.9 Å². The Hall–Kier alpha value is -4.26. The molecule has 0 fully saturated rings. The van der Waals surface area contributed by atoms with Gasteiger partial charge in [0.15, 0.2) is 0 Å². The minimum absolute atomic E-state index is 0.199. The van der Waals surface area contributed by atoms with E-state index >= 15 is 0 Å². The molecule has 7 nitrogen and oxygen atoms in total. The normalized spacial score (nSPS) is 11.9. The zero-order chi connectivity index (χ0) is 25.2. The Labute approximate surface area is 210 Å². The number of unbranched alkanes of at least 4 members (excludes halogenated alkanes) is 3. The number of hydrogen-bond acceptors (Lipinski definition) is 5. The molecule has 184 valence electrons. The molecule has 7 heteroatoms. The van der Waals surface area contributed by atoms with E-state index in [1.165, 1.54) is 12.8 Å². The number of benzene rings is 3. The third-order valence-electron chi connectivity index (χ3n) is 5.89. The number of nitrogens with zero attached hydrogens (tertiary/aromatic N) is 4. The summed E-state index contributed by atoms with van der Waals surface area (Å²) in [6.07, 6.45) is 6.28. The first kappa shape index (κ1) is 24.9. The van der Waals surface area contributed by atoms with Crippen molar-refractivity contribution < 1.29 is 0 Å². The Bertz CT molecular complexity index is 1510. The number of nitrogens with one attached hydrogen (secondary N) is 1. The summed E-state index contributed by atoms with van der Waals surface area (Å²) < 4.78 is 3.11. The van der Waals surface area contributed by atoms with Crippen molar-refractivity contribution in [1.29, 1.82) is 0 Å². The minimum Gasteiger partial charge on any atom is -0.299 e. The van der Waals surface area contributed by atoms with Crippen molar-refractivity contribution in [1.82, 2.24) is 9.13 Å². The van der Waals surface area contributed by atoms with Crippen LogP contribution in [0.25, 0.3) is 16.7 Å². The van der Waals surface area contributed by atoms with Crippen LogP contribution in [0.4, 0.5) is 5.69 Å². The van der Waals surface area contributed by atoms with E-state index in [9.17, 15) is 9.59 Å². The van der Waals surface area contributed by atoms with Crippen LogP contribution in [0.15, 0.2) is 105 Å². The second-order valence-corrected chi connectivity index (χ2v) is 8.47. The van der Waals surface area contributed by atoms with Gasteiger partial charge in [0, 0.05) is 18.4 Å². The smallest absolute Gasteiger partial charge is 0.289 e. The molecule has 0 saturated carbocycles. The predicted molar refractivity (Wildman–Crippen MR) is 147 cm³/mol. The summed E-state index contributed by atoms with van der Waals surface area (Å²) in [5.41, 5.74) is 4.47. The zero-order valence-electron chi connectivity index (χ0n) is 20.5. The van der Waals surface area contributed by atoms with E-state index in [-0.39, 0.29) is 11.9 Å². The lowest BCUT2D eigenvalue weighted by atomic mass is 10.2. The van der Waals surface area contributed by atoms with Gasteiger partial charge >= 0.3 is 0 Å². The molecule has 1 aromatic heterocycles. The van der Waals surface area contributed by atoms with E-state index in [4.69, 9.17) is 0 Å². The van der Waals surface area contributed by atoms with Gasteiger partial charge in [-0.3, -0.25) is 29.1 Å². The molecule has 0 radical (unpaired) electrons. The molecule has 0 amide bonds. The van der Waals surface area contributed by atoms with Crippen LogP contribution >= 0.6 is 0 Å². The summed E-state index contributed by atoms with van der Waals surface area (Å²) in [5, 5.41) is 4.10. The van der Waals surface area contributed by atoms with Crippen LogP contribution in [0.5, 0.6) is 0 Å². The molecule has 0 spiro atoms. The highest BCUT2D eigenvalue weighted by Gasteiger charge is 2.13. The molecule has 3 aromatic carbocycles. The minimum atomic E-state index is -0.499. The van der Waals surface area contributed by atoms with Gasteiger partial charge in [0.2, 0.25) is 5.36 Å². The van der Waals surface area contributed by atoms with Crippen molar-refractivity contribution in [3.63, 3.8) is 0 Å². The Morgan fingerprint density at radius 2 is 1.44 bits per heavy atom. The summed E-state index contributed by atoms with van der Waals surface area (Å²) in [6, 6.07) is 25.9. The van der Waals surface area contributed by atoms with Crippen LogP contribution in [0.3, 0.4) is 0 Å². The van der Waals surface area contributed by atoms with Crippen LogP contribution < -0.4 is 21.9 Å². The van der Waals surface area contributed by atoms with Gasteiger partial charge in [-0.2, -0.15) is 5.10 Å². The van der Waals surface area contributed by atoms with Gasteiger partial charge in [0.1, 0.15) is 0 Å². The topological polar surface area (TPSA) is 80.8 Å². The molecule has 1 heterocycles. The molecule has 0 atom stereocenters. The van der Waals surface area contributed by atoms with Crippen molar-refractivity contribution in [3.05, 3.63) is 111 Å². The highest BCUT2D eigenvalue weighted by molar-refractivity contribution is 5.77. The fourth-order valence-electron chi connectivity index (χ4n) is 4.03. The van der Waals surface area contributed by atoms with E-state index in [1.807, 2.05) is 84.9 Å². The summed E-state index contributed by atoms with van der Waals surface area (Å²) >= 11 is 0. The molecule has 0 aliphatic heterocycles. The van der Waals surface area contributed by atoms with Crippen LogP contribution in [-0.2, 0) is 6.54 Å². The molecule has 0 bridgehead atoms. The molecule has 4 aromatic rings. The maximum Gasteiger partial charge on any atom is 0.289 e. The van der Waals surface area contributed by atoms with Gasteiger partial charge in [-0.1, -0.05) is 74.7 Å². The molecule has 0 aliphatic carbocycles. The van der Waals surface area contributed by atoms with E-state index in [2.05, 4.69) is 22.4 Å². The Balaban J connectivity index is 1.91. The molecule has 1 N–H and O–H groups in total. The average Bonchev–Trinajstić information content (AvgIpc) is 3.00. The standard InChI is InChI=1S/C29H31N5O2/c1-2-3-4-13-20-30-21-22-33-25-18-11-12-19-26(25)34(24-16-9-6-10-17-24)29(36)27(28(33)35)32-31-23-14-7-5-8-15-23/h5-12,14-19,21,31H,2-4,13,20,22H2,1H3. The Morgan fingerprint density at radius 3 is 2.17 bits per heavy atom. The second kappa shape index (κ2) is 12.4. The SMILES string of the molecule is CCCCCCN=CCn1c(=O)c(=NNc2ccccc2)c(=O)n(-c2ccccc2)c2ccccc21. The van der Waals surface area contributed by atoms with Crippen LogP contribution in [0, 0.1) is 0 Å². The van der Waals surface area contributed by atoms with Crippen molar-refractivity contribution in [3.8, 4) is 5.69 Å². The summed E-state index contributed by atoms with van der Waals surface area (Å²) in [7, 11) is 0. The summed E-state index contributed by atoms with van der Waals surface area (Å²) in [5.74, 6) is 0. The summed E-state index contributed by atoms with van der Waals surface area (Å²) in [6.45, 7) is 3.14. The number of para-hydroxylation sites is 4. The highest BCUT2D eigenvalue weighted by atomic mass is 16.1. The van der Waals surface area contributed by atoms with Gasteiger partial charge in [0.05, 0.1) is 23.3 Å². The number of rotatable bonds is 10. The van der Waals surface area contributed by atoms with E-state index in [0.717, 1.165) is 19.4 Å². The first-order valence-electron chi connectivity index (χ1n) is 12.4. The Morgan fingerprint density at radius 1 is 0.778 bits per heavy atom. The molecular formula is C29H31N5O2. The fraction of sp³-hybridized carbons (Fsp3) is 0.241. The quantitative estimate of drug-likeness (QED) is 0.202. The summed E-state index contributed by atoms with van der Waals surface area (Å²) in [4.78, 5) is 32.1. The molecule has 36 heavy (non-hydrogen) atoms. The molecule has 0 saturated heterocycles. The number of hydrogen-bond donors (Lipinski definition) is 1. The number of aromatic nitrogens is 2. The van der Waals surface area contributed by atoms with Gasteiger partial charge in [-0.25, -0.2) is 0 Å². The molecule has 4 rings (SSSR count). The van der Waals surface area contributed by atoms with E-state index in [1.54, 1.807) is 15.3 Å². The lowest BCUT2D eigenvalue weighted by Crippen LogP contribution is -2.45. The third-order valence-corrected chi connectivity index (χ3v) is 5.89. The van der Waals surface area contributed by atoms with E-state index < -0.39 is 11.1 Å². The lowest BCUT2D eigenvalue weighted by molar-refractivity contribution is 0.674. The fourth-order valence-corrected chi connectivity index (χ4v) is 4.03. The highest BCUT2D eigenvalue weighted by Crippen LogP contribution is 2.14. The monoisotopic (exact) mass is 481 g/mol. The molecule has 0 unspecified atom stereocenters. The van der Waals surface area contributed by atoms with Gasteiger partial charge < -0.3 is 0 Å². The average molecular weight is 482 g/mol. The van der Waals surface area contributed by atoms with Gasteiger partial charge in [-0.15, -0.1) is 0 Å². The molecule has 0 aliphatic rings. The predicted octanol–water partition coefficient (Wildman–Crippen LogP) is 4.73. The zero-order valence-corrected chi connectivity index (χ0v) is 20.5. The maximum absolute atomic E-state index is 13.8. The maximum atomic E-state index is 13.8. The largest absolute Gasteiger partial charge is 0.299 e. The van der Waals surface area contributed by atoms with Crippen LogP contribution in [0.2, 0.25) is 0 Å². The van der Waals surface area contributed by atoms with Crippen LogP contribution in [0.1, 0.15) is 32.6 Å². The van der Waals surface area contributed by atoms with Crippen LogP contribution in [-0.4, -0.2) is 21.9 Å². The number of fused-ring (bicyclic) bond motifs is 1. The van der Waals surface area contributed by atoms with Gasteiger partial charge in [0.25, 0.3) is 11.1 Å². The van der Waals surface area contributed by atoms with Gasteiger partial charge in [-0.05, 0) is 42.8 Å². The molecular weight excluding hydrogens is 450 g/mol. The first-order valence-corrected chi connectivity index (χ1v) is 12.4. The Kier molecular flexibility index (Phi) is 8.59. The number of aliphatic imine (C=N–C) groups is 1.